The third-order valence-corrected chi connectivity index (χ3v) is 5.09. The smallest absolute Gasteiger partial charge is 0.270 e. The van der Waals surface area contributed by atoms with E-state index < -0.39 is 10.8 Å². The van der Waals surface area contributed by atoms with Gasteiger partial charge >= 0.3 is 0 Å². The summed E-state index contributed by atoms with van der Waals surface area (Å²) in [6.45, 7) is 2.04. The van der Waals surface area contributed by atoms with Crippen LogP contribution in [0.15, 0.2) is 60.7 Å². The van der Waals surface area contributed by atoms with Crippen LogP contribution in [0.25, 0.3) is 11.3 Å². The first-order valence-electron chi connectivity index (χ1n) is 9.85. The first-order chi connectivity index (χ1) is 14.6. The number of nitro benzene ring substituents is 1. The maximum atomic E-state index is 12.4. The molecule has 0 atom stereocenters. The number of benzene rings is 2. The van der Waals surface area contributed by atoms with Gasteiger partial charge in [0.15, 0.2) is 5.82 Å². The summed E-state index contributed by atoms with van der Waals surface area (Å²) in [5.41, 5.74) is 2.35. The van der Waals surface area contributed by atoms with Crippen molar-refractivity contribution in [1.29, 1.82) is 0 Å². The molecule has 2 aromatic carbocycles. The lowest BCUT2D eigenvalue weighted by molar-refractivity contribution is -0.384. The predicted octanol–water partition coefficient (Wildman–Crippen LogP) is 4.29. The standard InChI is InChI=1S/C22H21N5O3/c28-22(17-5-4-6-19(15-17)27(29)30)23-18-9-7-16(8-10-18)20-11-12-21(25-24-20)26-13-2-1-3-14-26/h4-12,15H,1-3,13-14H2,(H,23,28). The van der Waals surface area contributed by atoms with Crippen molar-refractivity contribution >= 4 is 23.1 Å². The molecule has 4 rings (SSSR count). The van der Waals surface area contributed by atoms with Gasteiger partial charge in [0.25, 0.3) is 11.6 Å². The summed E-state index contributed by atoms with van der Waals surface area (Å²) in [6.07, 6.45) is 3.64. The number of piperidine rings is 1. The Labute approximate surface area is 173 Å². The fourth-order valence-electron chi connectivity index (χ4n) is 3.46. The van der Waals surface area contributed by atoms with Gasteiger partial charge in [-0.15, -0.1) is 10.2 Å². The fraction of sp³-hybridized carbons (Fsp3) is 0.227. The molecule has 2 heterocycles. The highest BCUT2D eigenvalue weighted by atomic mass is 16.6. The monoisotopic (exact) mass is 403 g/mol. The van der Waals surface area contributed by atoms with E-state index in [0.717, 1.165) is 30.2 Å². The zero-order valence-electron chi connectivity index (χ0n) is 16.3. The summed E-state index contributed by atoms with van der Waals surface area (Å²) in [6, 6.07) is 16.8. The third kappa shape index (κ3) is 4.43. The molecule has 8 heteroatoms. The number of hydrogen-bond donors (Lipinski definition) is 1. The molecule has 3 aromatic rings. The van der Waals surface area contributed by atoms with Gasteiger partial charge in [0.05, 0.1) is 10.6 Å². The summed E-state index contributed by atoms with van der Waals surface area (Å²) >= 11 is 0. The Morgan fingerprint density at radius 3 is 2.40 bits per heavy atom. The molecule has 0 aliphatic carbocycles. The summed E-state index contributed by atoms with van der Waals surface area (Å²) in [5, 5.41) is 22.3. The van der Waals surface area contributed by atoms with Crippen LogP contribution >= 0.6 is 0 Å². The van der Waals surface area contributed by atoms with Gasteiger partial charge in [0.2, 0.25) is 0 Å². The van der Waals surface area contributed by atoms with Gasteiger partial charge in [-0.05, 0) is 49.6 Å². The maximum absolute atomic E-state index is 12.4. The van der Waals surface area contributed by atoms with Crippen LogP contribution in [-0.4, -0.2) is 34.1 Å². The lowest BCUT2D eigenvalue weighted by Gasteiger charge is -2.27. The van der Waals surface area contributed by atoms with Crippen LogP contribution in [0.1, 0.15) is 29.6 Å². The lowest BCUT2D eigenvalue weighted by atomic mass is 10.1. The molecule has 1 aromatic heterocycles. The second-order valence-corrected chi connectivity index (χ2v) is 7.16. The topological polar surface area (TPSA) is 101 Å². The van der Waals surface area contributed by atoms with E-state index in [0.29, 0.717) is 5.69 Å². The Balaban J connectivity index is 1.43. The van der Waals surface area contributed by atoms with Crippen molar-refractivity contribution in [3.05, 3.63) is 76.3 Å². The molecule has 152 valence electrons. The van der Waals surface area contributed by atoms with E-state index in [1.54, 1.807) is 12.1 Å². The van der Waals surface area contributed by atoms with E-state index in [1.165, 1.54) is 43.5 Å². The van der Waals surface area contributed by atoms with E-state index >= 15 is 0 Å². The van der Waals surface area contributed by atoms with Crippen LogP contribution in [0.3, 0.4) is 0 Å². The van der Waals surface area contributed by atoms with Crippen molar-refractivity contribution in [2.45, 2.75) is 19.3 Å². The van der Waals surface area contributed by atoms with Crippen LogP contribution in [0.5, 0.6) is 0 Å². The highest BCUT2D eigenvalue weighted by Gasteiger charge is 2.14. The molecular weight excluding hydrogens is 382 g/mol. The van der Waals surface area contributed by atoms with E-state index in [4.69, 9.17) is 0 Å². The Morgan fingerprint density at radius 2 is 1.73 bits per heavy atom. The van der Waals surface area contributed by atoms with Crippen molar-refractivity contribution in [3.63, 3.8) is 0 Å². The molecule has 0 unspecified atom stereocenters. The lowest BCUT2D eigenvalue weighted by Crippen LogP contribution is -2.30. The molecule has 1 aliphatic heterocycles. The van der Waals surface area contributed by atoms with Gasteiger partial charge in [-0.3, -0.25) is 14.9 Å². The van der Waals surface area contributed by atoms with Gasteiger partial charge in [-0.25, -0.2) is 0 Å². The van der Waals surface area contributed by atoms with E-state index in [-0.39, 0.29) is 11.3 Å². The van der Waals surface area contributed by atoms with Gasteiger partial charge in [-0.1, -0.05) is 18.2 Å². The molecule has 0 saturated carbocycles. The van der Waals surface area contributed by atoms with Crippen molar-refractivity contribution in [2.24, 2.45) is 0 Å². The second-order valence-electron chi connectivity index (χ2n) is 7.16. The number of carbonyl (C=O) groups is 1. The van der Waals surface area contributed by atoms with Gasteiger partial charge in [0, 0.05) is 42.0 Å². The molecule has 30 heavy (non-hydrogen) atoms. The quantitative estimate of drug-likeness (QED) is 0.504. The highest BCUT2D eigenvalue weighted by Crippen LogP contribution is 2.23. The zero-order valence-corrected chi connectivity index (χ0v) is 16.3. The number of aromatic nitrogens is 2. The SMILES string of the molecule is O=C(Nc1ccc(-c2ccc(N3CCCCC3)nn2)cc1)c1cccc([N+](=O)[O-])c1. The predicted molar refractivity (Wildman–Crippen MR) is 115 cm³/mol. The minimum Gasteiger partial charge on any atom is -0.355 e. The molecule has 1 N–H and O–H groups in total. The van der Waals surface area contributed by atoms with Crippen molar-refractivity contribution in [1.82, 2.24) is 10.2 Å². The molecule has 8 nitrogen and oxygen atoms in total. The molecule has 1 amide bonds. The van der Waals surface area contributed by atoms with Crippen LogP contribution < -0.4 is 10.2 Å². The second kappa shape index (κ2) is 8.69. The minimum atomic E-state index is -0.525. The first kappa shape index (κ1) is 19.5. The largest absolute Gasteiger partial charge is 0.355 e. The van der Waals surface area contributed by atoms with E-state index in [2.05, 4.69) is 20.4 Å². The summed E-state index contributed by atoms with van der Waals surface area (Å²) in [7, 11) is 0. The van der Waals surface area contributed by atoms with Crippen LogP contribution in [0.2, 0.25) is 0 Å². The average molecular weight is 403 g/mol. The zero-order chi connectivity index (χ0) is 20.9. The average Bonchev–Trinajstić information content (AvgIpc) is 2.80. The molecule has 1 aliphatic rings. The van der Waals surface area contributed by atoms with E-state index in [1.807, 2.05) is 24.3 Å². The summed E-state index contributed by atoms with van der Waals surface area (Å²) < 4.78 is 0. The van der Waals surface area contributed by atoms with Crippen LogP contribution in [-0.2, 0) is 0 Å². The number of non-ortho nitro benzene ring substituents is 1. The number of amides is 1. The van der Waals surface area contributed by atoms with Gasteiger partial charge < -0.3 is 10.2 Å². The summed E-state index contributed by atoms with van der Waals surface area (Å²) in [4.78, 5) is 25.0. The van der Waals surface area contributed by atoms with Crippen LogP contribution in [0.4, 0.5) is 17.2 Å². The Morgan fingerprint density at radius 1 is 0.967 bits per heavy atom. The summed E-state index contributed by atoms with van der Waals surface area (Å²) in [5.74, 6) is 0.497. The molecular formula is C22H21N5O3. The van der Waals surface area contributed by atoms with Crippen molar-refractivity contribution in [2.75, 3.05) is 23.3 Å². The Hall–Kier alpha value is -3.81. The molecule has 0 spiro atoms. The Kier molecular flexibility index (Phi) is 5.65. The molecule has 1 saturated heterocycles. The number of nitrogens with zero attached hydrogens (tertiary/aromatic N) is 4. The number of nitrogens with one attached hydrogen (secondary N) is 1. The maximum Gasteiger partial charge on any atom is 0.270 e. The normalized spacial score (nSPS) is 13.7. The molecule has 0 radical (unpaired) electrons. The third-order valence-electron chi connectivity index (χ3n) is 5.09. The number of hydrogen-bond acceptors (Lipinski definition) is 6. The number of anilines is 2. The molecule has 0 bridgehead atoms. The van der Waals surface area contributed by atoms with Crippen molar-refractivity contribution in [3.8, 4) is 11.3 Å². The Bertz CT molecular complexity index is 1050. The number of rotatable bonds is 5. The number of nitro groups is 1. The van der Waals surface area contributed by atoms with Crippen LogP contribution in [0, 0.1) is 10.1 Å². The van der Waals surface area contributed by atoms with Gasteiger partial charge in [0.1, 0.15) is 0 Å². The first-order valence-corrected chi connectivity index (χ1v) is 9.85. The minimum absolute atomic E-state index is 0.121. The van der Waals surface area contributed by atoms with Gasteiger partial charge in [-0.2, -0.15) is 0 Å². The van der Waals surface area contributed by atoms with E-state index in [9.17, 15) is 14.9 Å². The number of carbonyl (C=O) groups excluding carboxylic acids is 1. The van der Waals surface area contributed by atoms with Crippen molar-refractivity contribution < 1.29 is 9.72 Å². The fourth-order valence-corrected chi connectivity index (χ4v) is 3.46. The molecule has 1 fully saturated rings. The highest BCUT2D eigenvalue weighted by molar-refractivity contribution is 6.04.